The summed E-state index contributed by atoms with van der Waals surface area (Å²) in [6.07, 6.45) is 2.72. The van der Waals surface area contributed by atoms with Gasteiger partial charge in [0.25, 0.3) is 5.91 Å². The Morgan fingerprint density at radius 2 is 2.00 bits per heavy atom. The molecule has 128 valence electrons. The number of piperidine rings is 1. The molecular formula is C16H24N2O4S. The molecule has 0 bridgehead atoms. The van der Waals surface area contributed by atoms with Crippen molar-refractivity contribution in [1.82, 2.24) is 9.62 Å². The number of nitrogens with zero attached hydrogens (tertiary/aromatic N) is 1. The van der Waals surface area contributed by atoms with Gasteiger partial charge in [0.1, 0.15) is 5.75 Å². The van der Waals surface area contributed by atoms with Crippen molar-refractivity contribution < 1.29 is 17.9 Å². The largest absolute Gasteiger partial charge is 0.483 e. The molecule has 1 heterocycles. The standard InChI is InChI=1S/C16H24N2O4S/c1-12-6-4-7-13(2)16(12)22-11-15(19)17-14-8-5-9-18(10-14)23(3,20)21/h4,6-7,14H,5,8-11H2,1-3H3,(H,17,19). The van der Waals surface area contributed by atoms with E-state index >= 15 is 0 Å². The van der Waals surface area contributed by atoms with Gasteiger partial charge in [-0.15, -0.1) is 0 Å². The summed E-state index contributed by atoms with van der Waals surface area (Å²) < 4.78 is 30.2. The molecule has 1 aliphatic rings. The highest BCUT2D eigenvalue weighted by Crippen LogP contribution is 2.22. The van der Waals surface area contributed by atoms with E-state index in [9.17, 15) is 13.2 Å². The fourth-order valence-corrected chi connectivity index (χ4v) is 3.71. The highest BCUT2D eigenvalue weighted by Gasteiger charge is 2.26. The average Bonchev–Trinajstić information content (AvgIpc) is 2.46. The van der Waals surface area contributed by atoms with Gasteiger partial charge in [-0.05, 0) is 37.8 Å². The van der Waals surface area contributed by atoms with Gasteiger partial charge in [-0.2, -0.15) is 0 Å². The molecule has 0 radical (unpaired) electrons. The smallest absolute Gasteiger partial charge is 0.258 e. The Morgan fingerprint density at radius 3 is 2.61 bits per heavy atom. The third-order valence-corrected chi connectivity index (χ3v) is 5.24. The zero-order valence-corrected chi connectivity index (χ0v) is 14.6. The maximum Gasteiger partial charge on any atom is 0.258 e. The molecule has 1 aliphatic heterocycles. The predicted molar refractivity (Wildman–Crippen MR) is 89.0 cm³/mol. The maximum absolute atomic E-state index is 12.1. The number of rotatable bonds is 5. The van der Waals surface area contributed by atoms with Gasteiger partial charge in [0.05, 0.1) is 6.26 Å². The fraction of sp³-hybridized carbons (Fsp3) is 0.562. The molecule has 1 aromatic rings. The summed E-state index contributed by atoms with van der Waals surface area (Å²) >= 11 is 0. The van der Waals surface area contributed by atoms with Gasteiger partial charge in [0.15, 0.2) is 6.61 Å². The van der Waals surface area contributed by atoms with Crippen molar-refractivity contribution in [1.29, 1.82) is 0 Å². The third-order valence-electron chi connectivity index (χ3n) is 3.97. The predicted octanol–water partition coefficient (Wildman–Crippen LogP) is 1.22. The minimum Gasteiger partial charge on any atom is -0.483 e. The highest BCUT2D eigenvalue weighted by atomic mass is 32.2. The first-order valence-electron chi connectivity index (χ1n) is 7.71. The molecule has 1 unspecified atom stereocenters. The van der Waals surface area contributed by atoms with Crippen molar-refractivity contribution >= 4 is 15.9 Å². The summed E-state index contributed by atoms with van der Waals surface area (Å²) in [5.74, 6) is 0.497. The van der Waals surface area contributed by atoms with Gasteiger partial charge in [0.2, 0.25) is 10.0 Å². The molecule has 1 atom stereocenters. The number of benzene rings is 1. The molecular weight excluding hydrogens is 316 g/mol. The molecule has 1 fully saturated rings. The second kappa shape index (κ2) is 7.31. The summed E-state index contributed by atoms with van der Waals surface area (Å²) in [4.78, 5) is 12.1. The summed E-state index contributed by atoms with van der Waals surface area (Å²) in [6, 6.07) is 5.66. The maximum atomic E-state index is 12.1. The van der Waals surface area contributed by atoms with Crippen LogP contribution in [0.15, 0.2) is 18.2 Å². The molecule has 1 N–H and O–H groups in total. The molecule has 0 aromatic heterocycles. The first-order chi connectivity index (χ1) is 10.8. The third kappa shape index (κ3) is 4.94. The van der Waals surface area contributed by atoms with Crippen LogP contribution in [0.2, 0.25) is 0 Å². The molecule has 0 spiro atoms. The van der Waals surface area contributed by atoms with Crippen LogP contribution in [0.3, 0.4) is 0 Å². The number of hydrogen-bond acceptors (Lipinski definition) is 4. The number of sulfonamides is 1. The first kappa shape index (κ1) is 17.7. The lowest BCUT2D eigenvalue weighted by Gasteiger charge is -2.31. The zero-order valence-electron chi connectivity index (χ0n) is 13.8. The number of nitrogens with one attached hydrogen (secondary N) is 1. The Bertz CT molecular complexity index is 652. The van der Waals surface area contributed by atoms with Gasteiger partial charge in [-0.25, -0.2) is 12.7 Å². The Balaban J connectivity index is 1.88. The van der Waals surface area contributed by atoms with Gasteiger partial charge in [-0.1, -0.05) is 18.2 Å². The number of amides is 1. The SMILES string of the molecule is Cc1cccc(C)c1OCC(=O)NC1CCCN(S(C)(=O)=O)C1. The summed E-state index contributed by atoms with van der Waals surface area (Å²) in [6.45, 7) is 4.65. The van der Waals surface area contributed by atoms with Crippen LogP contribution in [-0.4, -0.2) is 50.6 Å². The number of ether oxygens (including phenoxy) is 1. The van der Waals surface area contributed by atoms with E-state index in [0.717, 1.165) is 29.7 Å². The molecule has 23 heavy (non-hydrogen) atoms. The minimum absolute atomic E-state index is 0.0684. The van der Waals surface area contributed by atoms with Crippen molar-refractivity contribution in [3.8, 4) is 5.75 Å². The molecule has 1 amide bonds. The van der Waals surface area contributed by atoms with Crippen molar-refractivity contribution in [2.45, 2.75) is 32.7 Å². The van der Waals surface area contributed by atoms with Crippen LogP contribution in [0.1, 0.15) is 24.0 Å². The zero-order chi connectivity index (χ0) is 17.0. The Labute approximate surface area is 137 Å². The van der Waals surface area contributed by atoms with E-state index in [0.29, 0.717) is 13.1 Å². The first-order valence-corrected chi connectivity index (χ1v) is 9.55. The lowest BCUT2D eigenvalue weighted by molar-refractivity contribution is -0.124. The van der Waals surface area contributed by atoms with E-state index < -0.39 is 10.0 Å². The molecule has 0 saturated carbocycles. The Morgan fingerprint density at radius 1 is 1.35 bits per heavy atom. The van der Waals surface area contributed by atoms with Crippen molar-refractivity contribution in [2.75, 3.05) is 26.0 Å². The normalized spacial score (nSPS) is 19.3. The number of carbonyl (C=O) groups excluding carboxylic acids is 1. The summed E-state index contributed by atoms with van der Waals surface area (Å²) in [5, 5.41) is 2.86. The molecule has 1 saturated heterocycles. The topological polar surface area (TPSA) is 75.7 Å². The Hall–Kier alpha value is -1.60. The van der Waals surface area contributed by atoms with Crippen LogP contribution < -0.4 is 10.1 Å². The number of hydrogen-bond donors (Lipinski definition) is 1. The lowest BCUT2D eigenvalue weighted by Crippen LogP contribution is -2.50. The molecule has 7 heteroatoms. The van der Waals surface area contributed by atoms with Gasteiger partial charge in [0, 0.05) is 19.1 Å². The number of carbonyl (C=O) groups is 1. The van der Waals surface area contributed by atoms with Crippen LogP contribution in [-0.2, 0) is 14.8 Å². The quantitative estimate of drug-likeness (QED) is 0.874. The fourth-order valence-electron chi connectivity index (χ4n) is 2.80. The van der Waals surface area contributed by atoms with E-state index in [1.807, 2.05) is 32.0 Å². The van der Waals surface area contributed by atoms with E-state index in [4.69, 9.17) is 4.74 Å². The van der Waals surface area contributed by atoms with Crippen LogP contribution in [0.25, 0.3) is 0 Å². The van der Waals surface area contributed by atoms with Crippen LogP contribution in [0.5, 0.6) is 5.75 Å². The molecule has 0 aliphatic carbocycles. The van der Waals surface area contributed by atoms with Crippen LogP contribution >= 0.6 is 0 Å². The van der Waals surface area contributed by atoms with Gasteiger partial charge in [-0.3, -0.25) is 4.79 Å². The van der Waals surface area contributed by atoms with Crippen molar-refractivity contribution in [3.05, 3.63) is 29.3 Å². The summed E-state index contributed by atoms with van der Waals surface area (Å²) in [5.41, 5.74) is 1.97. The van der Waals surface area contributed by atoms with Crippen LogP contribution in [0.4, 0.5) is 0 Å². The van der Waals surface area contributed by atoms with Crippen molar-refractivity contribution in [3.63, 3.8) is 0 Å². The highest BCUT2D eigenvalue weighted by molar-refractivity contribution is 7.88. The lowest BCUT2D eigenvalue weighted by atomic mass is 10.1. The van der Waals surface area contributed by atoms with Gasteiger partial charge >= 0.3 is 0 Å². The van der Waals surface area contributed by atoms with E-state index in [1.165, 1.54) is 10.6 Å². The minimum atomic E-state index is -3.21. The molecule has 1 aromatic carbocycles. The van der Waals surface area contributed by atoms with Crippen LogP contribution in [0, 0.1) is 13.8 Å². The van der Waals surface area contributed by atoms with E-state index in [1.54, 1.807) is 0 Å². The number of para-hydroxylation sites is 1. The second-order valence-corrected chi connectivity index (χ2v) is 8.02. The Kier molecular flexibility index (Phi) is 5.64. The number of aryl methyl sites for hydroxylation is 2. The monoisotopic (exact) mass is 340 g/mol. The second-order valence-electron chi connectivity index (χ2n) is 6.04. The van der Waals surface area contributed by atoms with E-state index in [2.05, 4.69) is 5.32 Å². The molecule has 2 rings (SSSR count). The van der Waals surface area contributed by atoms with Gasteiger partial charge < -0.3 is 10.1 Å². The summed E-state index contributed by atoms with van der Waals surface area (Å²) in [7, 11) is -3.21. The van der Waals surface area contributed by atoms with E-state index in [-0.39, 0.29) is 18.6 Å². The average molecular weight is 340 g/mol. The van der Waals surface area contributed by atoms with Crippen molar-refractivity contribution in [2.24, 2.45) is 0 Å². The molecule has 6 nitrogen and oxygen atoms in total.